The molecule has 1 heterocycles. The molecule has 108 valence electrons. The Hall–Kier alpha value is -2.10. The summed E-state index contributed by atoms with van der Waals surface area (Å²) in [6, 6.07) is 9.67. The highest BCUT2D eigenvalue weighted by Crippen LogP contribution is 2.23. The predicted molar refractivity (Wildman–Crippen MR) is 80.8 cm³/mol. The first-order valence-electron chi connectivity index (χ1n) is 6.67. The van der Waals surface area contributed by atoms with E-state index in [4.69, 9.17) is 4.52 Å². The second-order valence-electron chi connectivity index (χ2n) is 6.04. The minimum absolute atomic E-state index is 0. The maximum absolute atomic E-state index is 11.9. The number of carbonyl (C=O) groups is 1. The summed E-state index contributed by atoms with van der Waals surface area (Å²) in [4.78, 5) is 11.9. The van der Waals surface area contributed by atoms with E-state index in [1.165, 1.54) is 5.56 Å². The van der Waals surface area contributed by atoms with Crippen molar-refractivity contribution in [2.45, 2.75) is 39.5 Å². The molecule has 1 amide bonds. The molecular weight excluding hydrogens is 252 g/mol. The molecule has 0 fully saturated rings. The standard InChI is InChI=1S/C16H20N2O2.H2/c1-11-5-7-12(8-6-11)9-14(19)17-15-10-13(18-20-15)16(2,3)4;/h5-8,10H,9H2,1-4H3,(H,17,19);1H. The predicted octanol–water partition coefficient (Wildman–Crippen LogP) is 3.71. The van der Waals surface area contributed by atoms with Crippen LogP contribution in [0.1, 0.15) is 39.0 Å². The molecule has 4 nitrogen and oxygen atoms in total. The smallest absolute Gasteiger partial charge is 0.231 e. The van der Waals surface area contributed by atoms with Crippen molar-refractivity contribution in [3.05, 3.63) is 47.2 Å². The van der Waals surface area contributed by atoms with E-state index in [2.05, 4.69) is 10.5 Å². The summed E-state index contributed by atoms with van der Waals surface area (Å²) in [5.74, 6) is 0.289. The van der Waals surface area contributed by atoms with E-state index in [0.717, 1.165) is 11.3 Å². The van der Waals surface area contributed by atoms with Gasteiger partial charge in [-0.25, -0.2) is 0 Å². The number of hydrogen-bond donors (Lipinski definition) is 1. The zero-order chi connectivity index (χ0) is 14.8. The van der Waals surface area contributed by atoms with Crippen LogP contribution in [0.2, 0.25) is 0 Å². The lowest BCUT2D eigenvalue weighted by Crippen LogP contribution is -2.14. The van der Waals surface area contributed by atoms with Crippen LogP contribution in [-0.4, -0.2) is 11.1 Å². The fourth-order valence-electron chi connectivity index (χ4n) is 1.76. The van der Waals surface area contributed by atoms with Gasteiger partial charge in [0.05, 0.1) is 12.1 Å². The van der Waals surface area contributed by atoms with E-state index < -0.39 is 0 Å². The summed E-state index contributed by atoms with van der Waals surface area (Å²) in [6.45, 7) is 8.15. The quantitative estimate of drug-likeness (QED) is 0.928. The van der Waals surface area contributed by atoms with E-state index in [-0.39, 0.29) is 12.7 Å². The molecule has 1 aromatic heterocycles. The van der Waals surface area contributed by atoms with Crippen molar-refractivity contribution >= 4 is 11.8 Å². The Morgan fingerprint density at radius 1 is 1.30 bits per heavy atom. The molecule has 0 aliphatic heterocycles. The molecule has 0 saturated heterocycles. The van der Waals surface area contributed by atoms with Crippen LogP contribution in [0, 0.1) is 6.92 Å². The molecule has 0 aliphatic rings. The number of aromatic nitrogens is 1. The molecule has 4 heteroatoms. The highest BCUT2D eigenvalue weighted by atomic mass is 16.5. The largest absolute Gasteiger partial charge is 0.338 e. The summed E-state index contributed by atoms with van der Waals surface area (Å²) in [5, 5.41) is 6.70. The van der Waals surface area contributed by atoms with Crippen LogP contribution >= 0.6 is 0 Å². The van der Waals surface area contributed by atoms with Gasteiger partial charge >= 0.3 is 0 Å². The molecule has 0 unspecified atom stereocenters. The molecule has 1 N–H and O–H groups in total. The number of aryl methyl sites for hydroxylation is 1. The van der Waals surface area contributed by atoms with Crippen molar-refractivity contribution in [2.24, 2.45) is 0 Å². The van der Waals surface area contributed by atoms with E-state index in [1.807, 2.05) is 52.0 Å². The van der Waals surface area contributed by atoms with Crippen molar-refractivity contribution in [3.63, 3.8) is 0 Å². The van der Waals surface area contributed by atoms with Crippen LogP contribution in [0.3, 0.4) is 0 Å². The van der Waals surface area contributed by atoms with E-state index >= 15 is 0 Å². The Kier molecular flexibility index (Phi) is 3.93. The first-order valence-corrected chi connectivity index (χ1v) is 6.67. The van der Waals surface area contributed by atoms with Gasteiger partial charge in [0.15, 0.2) is 0 Å². The maximum Gasteiger partial charge on any atom is 0.231 e. The van der Waals surface area contributed by atoms with E-state index in [9.17, 15) is 4.79 Å². The summed E-state index contributed by atoms with van der Waals surface area (Å²) < 4.78 is 5.14. The summed E-state index contributed by atoms with van der Waals surface area (Å²) in [5.41, 5.74) is 2.88. The van der Waals surface area contributed by atoms with Crippen molar-refractivity contribution < 1.29 is 10.7 Å². The second-order valence-corrected chi connectivity index (χ2v) is 6.04. The first kappa shape index (κ1) is 14.3. The molecule has 1 aromatic carbocycles. The van der Waals surface area contributed by atoms with E-state index in [1.54, 1.807) is 6.07 Å². The normalized spacial score (nSPS) is 11.4. The molecule has 2 rings (SSSR count). The molecule has 2 aromatic rings. The molecular formula is C16H22N2O2. The first-order chi connectivity index (χ1) is 9.34. The van der Waals surface area contributed by atoms with Crippen LogP contribution in [-0.2, 0) is 16.6 Å². The van der Waals surface area contributed by atoms with Gasteiger partial charge < -0.3 is 4.52 Å². The lowest BCUT2D eigenvalue weighted by atomic mass is 9.92. The van der Waals surface area contributed by atoms with Crippen molar-refractivity contribution in [1.29, 1.82) is 0 Å². The highest BCUT2D eigenvalue weighted by Gasteiger charge is 2.19. The zero-order valence-corrected chi connectivity index (χ0v) is 12.4. The van der Waals surface area contributed by atoms with Gasteiger partial charge in [-0.3, -0.25) is 10.1 Å². The minimum Gasteiger partial charge on any atom is -0.338 e. The Morgan fingerprint density at radius 3 is 2.50 bits per heavy atom. The molecule has 0 bridgehead atoms. The third-order valence-corrected chi connectivity index (χ3v) is 3.03. The summed E-state index contributed by atoms with van der Waals surface area (Å²) >= 11 is 0. The number of rotatable bonds is 3. The number of nitrogens with zero attached hydrogens (tertiary/aromatic N) is 1. The number of amides is 1. The second kappa shape index (κ2) is 5.49. The van der Waals surface area contributed by atoms with Gasteiger partial charge in [-0.1, -0.05) is 55.8 Å². The summed E-state index contributed by atoms with van der Waals surface area (Å²) in [6.07, 6.45) is 0.325. The zero-order valence-electron chi connectivity index (χ0n) is 12.4. The van der Waals surface area contributed by atoms with Gasteiger partial charge in [0.25, 0.3) is 0 Å². The maximum atomic E-state index is 11.9. The number of hydrogen-bond acceptors (Lipinski definition) is 3. The van der Waals surface area contributed by atoms with E-state index in [0.29, 0.717) is 12.3 Å². The van der Waals surface area contributed by atoms with Gasteiger partial charge in [0, 0.05) is 12.9 Å². The van der Waals surface area contributed by atoms with Crippen molar-refractivity contribution in [2.75, 3.05) is 5.32 Å². The average molecular weight is 274 g/mol. The van der Waals surface area contributed by atoms with Gasteiger partial charge in [-0.05, 0) is 12.5 Å². The number of benzene rings is 1. The van der Waals surface area contributed by atoms with Gasteiger partial charge in [0.1, 0.15) is 0 Å². The Balaban J connectivity index is 0.00000220. The fraction of sp³-hybridized carbons (Fsp3) is 0.375. The Labute approximate surface area is 120 Å². The van der Waals surface area contributed by atoms with Crippen LogP contribution in [0.15, 0.2) is 34.9 Å². The topological polar surface area (TPSA) is 55.1 Å². The van der Waals surface area contributed by atoms with Crippen molar-refractivity contribution in [3.8, 4) is 0 Å². The Bertz CT molecular complexity index is 597. The van der Waals surface area contributed by atoms with Gasteiger partial charge in [-0.15, -0.1) is 0 Å². The van der Waals surface area contributed by atoms with Gasteiger partial charge in [-0.2, -0.15) is 0 Å². The van der Waals surface area contributed by atoms with Gasteiger partial charge in [0.2, 0.25) is 11.8 Å². The van der Waals surface area contributed by atoms with Crippen molar-refractivity contribution in [1.82, 2.24) is 5.16 Å². The van der Waals surface area contributed by atoms with Crippen LogP contribution < -0.4 is 5.32 Å². The van der Waals surface area contributed by atoms with Crippen LogP contribution in [0.4, 0.5) is 5.88 Å². The highest BCUT2D eigenvalue weighted by molar-refractivity contribution is 5.91. The molecule has 0 aliphatic carbocycles. The SMILES string of the molecule is Cc1ccc(CC(=O)Nc2cc(C(C)(C)C)no2)cc1.[HH]. The fourth-order valence-corrected chi connectivity index (χ4v) is 1.76. The minimum atomic E-state index is -0.106. The van der Waals surface area contributed by atoms with Crippen LogP contribution in [0.5, 0.6) is 0 Å². The number of carbonyl (C=O) groups excluding carboxylic acids is 1. The molecule has 20 heavy (non-hydrogen) atoms. The summed E-state index contributed by atoms with van der Waals surface area (Å²) in [7, 11) is 0. The monoisotopic (exact) mass is 274 g/mol. The Morgan fingerprint density at radius 2 is 1.95 bits per heavy atom. The molecule has 0 atom stereocenters. The number of anilines is 1. The average Bonchev–Trinajstić information content (AvgIpc) is 2.80. The van der Waals surface area contributed by atoms with Crippen LogP contribution in [0.25, 0.3) is 0 Å². The lowest BCUT2D eigenvalue weighted by Gasteiger charge is -2.12. The molecule has 0 spiro atoms. The lowest BCUT2D eigenvalue weighted by molar-refractivity contribution is -0.115. The number of nitrogens with one attached hydrogen (secondary N) is 1. The third-order valence-electron chi connectivity index (χ3n) is 3.03. The molecule has 0 saturated carbocycles. The third kappa shape index (κ3) is 3.70. The molecule has 0 radical (unpaired) electrons.